The summed E-state index contributed by atoms with van der Waals surface area (Å²) >= 11 is 1.58. The summed E-state index contributed by atoms with van der Waals surface area (Å²) < 4.78 is 18.9. The van der Waals surface area contributed by atoms with E-state index in [0.717, 1.165) is 27.6 Å². The van der Waals surface area contributed by atoms with E-state index in [0.29, 0.717) is 18.9 Å². The summed E-state index contributed by atoms with van der Waals surface area (Å²) in [4.78, 5) is 5.58. The number of hydrogen-bond acceptors (Lipinski definition) is 4. The van der Waals surface area contributed by atoms with Gasteiger partial charge >= 0.3 is 0 Å². The van der Waals surface area contributed by atoms with E-state index in [1.165, 1.54) is 12.1 Å². The molecule has 0 aliphatic carbocycles. The maximum absolute atomic E-state index is 13.3. The van der Waals surface area contributed by atoms with Gasteiger partial charge in [0.15, 0.2) is 0 Å². The first-order valence-corrected chi connectivity index (χ1v) is 6.21. The van der Waals surface area contributed by atoms with Crippen LogP contribution >= 0.6 is 11.3 Å². The molecule has 0 radical (unpaired) electrons. The number of rotatable bonds is 1. The van der Waals surface area contributed by atoms with Gasteiger partial charge in [-0.15, -0.1) is 11.3 Å². The largest absolute Gasteiger partial charge is 0.493 e. The molecule has 1 aliphatic rings. The highest BCUT2D eigenvalue weighted by Crippen LogP contribution is 2.37. The minimum Gasteiger partial charge on any atom is -0.493 e. The van der Waals surface area contributed by atoms with Crippen molar-refractivity contribution >= 4 is 11.3 Å². The summed E-state index contributed by atoms with van der Waals surface area (Å²) in [5.41, 5.74) is 7.15. The van der Waals surface area contributed by atoms with Crippen LogP contribution in [0.2, 0.25) is 0 Å². The minimum atomic E-state index is -0.275. The lowest BCUT2D eigenvalue weighted by Gasteiger charge is -2.06. The number of nitrogens with zero attached hydrogens (tertiary/aromatic N) is 1. The molecule has 1 aliphatic heterocycles. The van der Waals surface area contributed by atoms with E-state index in [1.54, 1.807) is 17.4 Å². The summed E-state index contributed by atoms with van der Waals surface area (Å²) in [6, 6.07) is 4.53. The quantitative estimate of drug-likeness (QED) is 0.845. The van der Waals surface area contributed by atoms with E-state index in [-0.39, 0.29) is 5.82 Å². The fourth-order valence-corrected chi connectivity index (χ4v) is 2.88. The summed E-state index contributed by atoms with van der Waals surface area (Å²) in [6.07, 6.45) is 0.795. The fourth-order valence-electron chi connectivity index (χ4n) is 1.93. The first-order valence-electron chi connectivity index (χ1n) is 5.39. The topological polar surface area (TPSA) is 48.1 Å². The van der Waals surface area contributed by atoms with E-state index in [2.05, 4.69) is 4.98 Å². The van der Waals surface area contributed by atoms with Crippen molar-refractivity contribution in [1.29, 1.82) is 0 Å². The summed E-state index contributed by atoms with van der Waals surface area (Å²) in [6.45, 7) is 1.01. The molecule has 0 saturated heterocycles. The molecule has 0 bridgehead atoms. The second-order valence-corrected chi connectivity index (χ2v) is 4.99. The van der Waals surface area contributed by atoms with Gasteiger partial charge in [-0.05, 0) is 18.2 Å². The second kappa shape index (κ2) is 4.09. The molecule has 0 unspecified atom stereocenters. The zero-order chi connectivity index (χ0) is 11.8. The molecule has 0 fully saturated rings. The Labute approximate surface area is 102 Å². The van der Waals surface area contributed by atoms with Crippen LogP contribution in [0.1, 0.15) is 9.88 Å². The third-order valence-electron chi connectivity index (χ3n) is 2.70. The summed E-state index contributed by atoms with van der Waals surface area (Å²) in [7, 11) is 0. The number of ether oxygens (including phenoxy) is 1. The Morgan fingerprint density at radius 2 is 2.35 bits per heavy atom. The van der Waals surface area contributed by atoms with Gasteiger partial charge < -0.3 is 10.5 Å². The van der Waals surface area contributed by atoms with Crippen LogP contribution in [0.15, 0.2) is 18.2 Å². The number of hydrogen-bond donors (Lipinski definition) is 1. The SMILES string of the molecule is NCc1nc2c(s1)CCOc1ccc(F)cc1-2. The van der Waals surface area contributed by atoms with E-state index in [9.17, 15) is 4.39 Å². The Bertz CT molecular complexity index is 568. The van der Waals surface area contributed by atoms with Crippen molar-refractivity contribution in [2.24, 2.45) is 5.73 Å². The molecule has 0 saturated carbocycles. The highest BCUT2D eigenvalue weighted by molar-refractivity contribution is 7.12. The standard InChI is InChI=1S/C12H11FN2OS/c13-7-1-2-9-8(5-7)12-10(3-4-16-9)17-11(6-14)15-12/h1-2,5H,3-4,6,14H2. The maximum Gasteiger partial charge on any atom is 0.128 e. The molecule has 0 atom stereocenters. The van der Waals surface area contributed by atoms with Gasteiger partial charge in [0.05, 0.1) is 12.3 Å². The fraction of sp³-hybridized carbons (Fsp3) is 0.250. The molecule has 3 rings (SSSR count). The molecule has 0 spiro atoms. The van der Waals surface area contributed by atoms with Gasteiger partial charge in [0.25, 0.3) is 0 Å². The average Bonchev–Trinajstić information content (AvgIpc) is 2.67. The molecule has 2 heterocycles. The van der Waals surface area contributed by atoms with Crippen LogP contribution in [0, 0.1) is 5.82 Å². The van der Waals surface area contributed by atoms with E-state index >= 15 is 0 Å². The lowest BCUT2D eigenvalue weighted by atomic mass is 10.1. The molecule has 5 heteroatoms. The van der Waals surface area contributed by atoms with Crippen LogP contribution in [0.25, 0.3) is 11.3 Å². The number of thiazole rings is 1. The smallest absolute Gasteiger partial charge is 0.128 e. The normalized spacial score (nSPS) is 13.5. The van der Waals surface area contributed by atoms with Gasteiger partial charge in [0, 0.05) is 23.4 Å². The van der Waals surface area contributed by atoms with Crippen LogP contribution in [-0.2, 0) is 13.0 Å². The van der Waals surface area contributed by atoms with Crippen LogP contribution in [-0.4, -0.2) is 11.6 Å². The zero-order valence-corrected chi connectivity index (χ0v) is 9.89. The average molecular weight is 250 g/mol. The van der Waals surface area contributed by atoms with Gasteiger partial charge in [-0.2, -0.15) is 0 Å². The third-order valence-corrected chi connectivity index (χ3v) is 3.84. The Kier molecular flexibility index (Phi) is 2.57. The van der Waals surface area contributed by atoms with Gasteiger partial charge in [-0.1, -0.05) is 0 Å². The Morgan fingerprint density at radius 1 is 1.47 bits per heavy atom. The molecule has 0 amide bonds. The minimum absolute atomic E-state index is 0.275. The monoisotopic (exact) mass is 250 g/mol. The highest BCUT2D eigenvalue weighted by atomic mass is 32.1. The maximum atomic E-state index is 13.3. The number of nitrogens with two attached hydrogens (primary N) is 1. The first kappa shape index (κ1) is 10.7. The number of aromatic nitrogens is 1. The van der Waals surface area contributed by atoms with Gasteiger partial charge in [-0.25, -0.2) is 9.37 Å². The molecule has 17 heavy (non-hydrogen) atoms. The Hall–Kier alpha value is -1.46. The van der Waals surface area contributed by atoms with Crippen LogP contribution in [0.5, 0.6) is 5.75 Å². The number of halogens is 1. The third kappa shape index (κ3) is 1.81. The molecule has 2 N–H and O–H groups in total. The lowest BCUT2D eigenvalue weighted by molar-refractivity contribution is 0.327. The van der Waals surface area contributed by atoms with Crippen molar-refractivity contribution in [3.63, 3.8) is 0 Å². The molecule has 1 aromatic carbocycles. The molecule has 2 aromatic rings. The van der Waals surface area contributed by atoms with Gasteiger partial charge in [0.2, 0.25) is 0 Å². The molecular formula is C12H11FN2OS. The van der Waals surface area contributed by atoms with E-state index in [4.69, 9.17) is 10.5 Å². The Balaban J connectivity index is 2.21. The predicted molar refractivity (Wildman–Crippen MR) is 64.6 cm³/mol. The van der Waals surface area contributed by atoms with E-state index in [1.807, 2.05) is 0 Å². The summed E-state index contributed by atoms with van der Waals surface area (Å²) in [5.74, 6) is 0.418. The highest BCUT2D eigenvalue weighted by Gasteiger charge is 2.20. The summed E-state index contributed by atoms with van der Waals surface area (Å²) in [5, 5.41) is 0.882. The Morgan fingerprint density at radius 3 is 3.18 bits per heavy atom. The van der Waals surface area contributed by atoms with Crippen molar-refractivity contribution in [2.45, 2.75) is 13.0 Å². The predicted octanol–water partition coefficient (Wildman–Crippen LogP) is 2.34. The van der Waals surface area contributed by atoms with Crippen LogP contribution in [0.4, 0.5) is 4.39 Å². The van der Waals surface area contributed by atoms with Crippen molar-refractivity contribution in [3.05, 3.63) is 33.9 Å². The van der Waals surface area contributed by atoms with Gasteiger partial charge in [-0.3, -0.25) is 0 Å². The van der Waals surface area contributed by atoms with Crippen molar-refractivity contribution < 1.29 is 9.13 Å². The van der Waals surface area contributed by atoms with E-state index < -0.39 is 0 Å². The van der Waals surface area contributed by atoms with Crippen LogP contribution < -0.4 is 10.5 Å². The zero-order valence-electron chi connectivity index (χ0n) is 9.07. The second-order valence-electron chi connectivity index (χ2n) is 3.82. The van der Waals surface area contributed by atoms with Crippen molar-refractivity contribution in [2.75, 3.05) is 6.61 Å². The first-order chi connectivity index (χ1) is 8.28. The number of benzene rings is 1. The van der Waals surface area contributed by atoms with Crippen molar-refractivity contribution in [1.82, 2.24) is 4.98 Å². The molecule has 1 aromatic heterocycles. The molecule has 3 nitrogen and oxygen atoms in total. The lowest BCUT2D eigenvalue weighted by Crippen LogP contribution is -1.98. The molecule has 88 valence electrons. The number of fused-ring (bicyclic) bond motifs is 3. The molecular weight excluding hydrogens is 239 g/mol. The van der Waals surface area contributed by atoms with Gasteiger partial charge in [0.1, 0.15) is 16.6 Å². The van der Waals surface area contributed by atoms with Crippen LogP contribution in [0.3, 0.4) is 0 Å². The van der Waals surface area contributed by atoms with Crippen molar-refractivity contribution in [3.8, 4) is 17.0 Å².